The molecule has 1 fully saturated rings. The molecule has 3 rings (SSSR count). The minimum absolute atomic E-state index is 0.0432. The van der Waals surface area contributed by atoms with Crippen molar-refractivity contribution in [3.8, 4) is 0 Å². The normalized spacial score (nSPS) is 16.5. The van der Waals surface area contributed by atoms with Crippen molar-refractivity contribution in [1.29, 1.82) is 0 Å². The maximum Gasteiger partial charge on any atom is 0.262 e. The number of nitrogens with one attached hydrogen (secondary N) is 1. The van der Waals surface area contributed by atoms with Gasteiger partial charge in [0.1, 0.15) is 0 Å². The predicted octanol–water partition coefficient (Wildman–Crippen LogP) is 1.79. The average molecular weight is 397 g/mol. The van der Waals surface area contributed by atoms with E-state index in [1.807, 2.05) is 18.2 Å². The fourth-order valence-electron chi connectivity index (χ4n) is 2.98. The van der Waals surface area contributed by atoms with Crippen molar-refractivity contribution in [3.63, 3.8) is 0 Å². The number of rotatable bonds is 5. The van der Waals surface area contributed by atoms with E-state index in [9.17, 15) is 13.2 Å². The van der Waals surface area contributed by atoms with Crippen molar-refractivity contribution < 1.29 is 13.2 Å². The summed E-state index contributed by atoms with van der Waals surface area (Å²) in [7, 11) is -1.88. The van der Waals surface area contributed by atoms with Crippen LogP contribution in [0.15, 0.2) is 41.8 Å². The molecule has 0 bridgehead atoms. The Labute approximate surface area is 158 Å². The van der Waals surface area contributed by atoms with Crippen LogP contribution in [0.25, 0.3) is 0 Å². The molecule has 1 N–H and O–H groups in total. The van der Waals surface area contributed by atoms with Gasteiger partial charge in [-0.3, -0.25) is 4.79 Å². The summed E-state index contributed by atoms with van der Waals surface area (Å²) in [4.78, 5) is 16.3. The van der Waals surface area contributed by atoms with Crippen LogP contribution < -0.4 is 5.32 Å². The highest BCUT2D eigenvalue weighted by Gasteiger charge is 2.33. The molecule has 1 amide bonds. The van der Waals surface area contributed by atoms with Crippen molar-refractivity contribution >= 4 is 27.5 Å². The number of imidazole rings is 1. The molecular formula is C17H21ClN4O3S. The van der Waals surface area contributed by atoms with E-state index in [1.165, 1.54) is 16.8 Å². The molecule has 1 saturated heterocycles. The van der Waals surface area contributed by atoms with Crippen molar-refractivity contribution in [2.75, 3.05) is 13.1 Å². The highest BCUT2D eigenvalue weighted by atomic mass is 35.5. The maximum absolute atomic E-state index is 12.6. The first kappa shape index (κ1) is 18.9. The number of halogens is 1. The number of amides is 1. The van der Waals surface area contributed by atoms with Gasteiger partial charge in [0.2, 0.25) is 5.91 Å². The summed E-state index contributed by atoms with van der Waals surface area (Å²) in [5, 5.41) is 3.55. The lowest BCUT2D eigenvalue weighted by Crippen LogP contribution is -2.43. The smallest absolute Gasteiger partial charge is 0.262 e. The quantitative estimate of drug-likeness (QED) is 0.835. The molecule has 1 aromatic carbocycles. The summed E-state index contributed by atoms with van der Waals surface area (Å²) >= 11 is 6.09. The summed E-state index contributed by atoms with van der Waals surface area (Å²) < 4.78 is 28.1. The fourth-order valence-corrected chi connectivity index (χ4v) is 4.62. The lowest BCUT2D eigenvalue weighted by molar-refractivity contribution is -0.126. The Balaban J connectivity index is 1.55. The van der Waals surface area contributed by atoms with Gasteiger partial charge in [0.05, 0.1) is 6.33 Å². The molecule has 26 heavy (non-hydrogen) atoms. The Morgan fingerprint density at radius 2 is 2.00 bits per heavy atom. The van der Waals surface area contributed by atoms with E-state index in [2.05, 4.69) is 10.3 Å². The molecule has 0 radical (unpaired) electrons. The van der Waals surface area contributed by atoms with Crippen molar-refractivity contribution in [2.45, 2.75) is 24.4 Å². The van der Waals surface area contributed by atoms with Crippen LogP contribution in [0.2, 0.25) is 5.02 Å². The molecule has 0 spiro atoms. The molecule has 0 aliphatic carbocycles. The minimum atomic E-state index is -3.60. The first-order valence-corrected chi connectivity index (χ1v) is 10.2. The number of hydrogen-bond acceptors (Lipinski definition) is 4. The van der Waals surface area contributed by atoms with Gasteiger partial charge in [-0.1, -0.05) is 29.8 Å². The van der Waals surface area contributed by atoms with Crippen LogP contribution in [0.1, 0.15) is 18.4 Å². The van der Waals surface area contributed by atoms with Gasteiger partial charge in [-0.2, -0.15) is 4.31 Å². The van der Waals surface area contributed by atoms with Crippen LogP contribution in [0.3, 0.4) is 0 Å². The minimum Gasteiger partial charge on any atom is -0.352 e. The van der Waals surface area contributed by atoms with E-state index >= 15 is 0 Å². The van der Waals surface area contributed by atoms with E-state index in [0.29, 0.717) is 37.5 Å². The molecule has 0 atom stereocenters. The Morgan fingerprint density at radius 3 is 2.62 bits per heavy atom. The van der Waals surface area contributed by atoms with Gasteiger partial charge >= 0.3 is 0 Å². The monoisotopic (exact) mass is 396 g/mol. The molecule has 1 aliphatic rings. The summed E-state index contributed by atoms with van der Waals surface area (Å²) in [6, 6.07) is 7.36. The second kappa shape index (κ2) is 7.77. The molecule has 1 aromatic heterocycles. The second-order valence-electron chi connectivity index (χ2n) is 6.36. The van der Waals surface area contributed by atoms with Gasteiger partial charge in [-0.05, 0) is 24.5 Å². The van der Waals surface area contributed by atoms with E-state index < -0.39 is 10.0 Å². The Hall–Kier alpha value is -1.90. The molecule has 9 heteroatoms. The van der Waals surface area contributed by atoms with Gasteiger partial charge in [0, 0.05) is 43.8 Å². The van der Waals surface area contributed by atoms with Gasteiger partial charge in [-0.15, -0.1) is 0 Å². The van der Waals surface area contributed by atoms with Gasteiger partial charge in [0.25, 0.3) is 10.0 Å². The zero-order valence-corrected chi connectivity index (χ0v) is 16.0. The number of hydrogen-bond donors (Lipinski definition) is 1. The lowest BCUT2D eigenvalue weighted by Gasteiger charge is -2.30. The third-order valence-corrected chi connectivity index (χ3v) is 6.67. The topological polar surface area (TPSA) is 84.3 Å². The van der Waals surface area contributed by atoms with Gasteiger partial charge < -0.3 is 9.88 Å². The number of nitrogens with zero attached hydrogens (tertiary/aromatic N) is 3. The van der Waals surface area contributed by atoms with E-state index in [0.717, 1.165) is 5.56 Å². The van der Waals surface area contributed by atoms with Crippen molar-refractivity contribution in [3.05, 3.63) is 47.4 Å². The highest BCUT2D eigenvalue weighted by molar-refractivity contribution is 7.89. The average Bonchev–Trinajstić information content (AvgIpc) is 3.08. The largest absolute Gasteiger partial charge is 0.352 e. The summed E-state index contributed by atoms with van der Waals surface area (Å²) in [5.74, 6) is -0.271. The van der Waals surface area contributed by atoms with Crippen molar-refractivity contribution in [2.24, 2.45) is 13.0 Å². The molecule has 0 saturated carbocycles. The number of piperidine rings is 1. The molecule has 1 aliphatic heterocycles. The number of sulfonamides is 1. The number of carbonyl (C=O) groups excluding carboxylic acids is 1. The van der Waals surface area contributed by atoms with E-state index in [-0.39, 0.29) is 16.9 Å². The summed E-state index contributed by atoms with van der Waals surface area (Å²) in [6.07, 6.45) is 3.92. The van der Waals surface area contributed by atoms with Crippen LogP contribution in [-0.4, -0.2) is 41.3 Å². The lowest BCUT2D eigenvalue weighted by atomic mass is 9.97. The first-order valence-electron chi connectivity index (χ1n) is 8.37. The highest BCUT2D eigenvalue weighted by Crippen LogP contribution is 2.23. The molecule has 2 heterocycles. The Morgan fingerprint density at radius 1 is 1.31 bits per heavy atom. The van der Waals surface area contributed by atoms with Crippen LogP contribution in [0, 0.1) is 5.92 Å². The molecule has 7 nitrogen and oxygen atoms in total. The zero-order valence-electron chi connectivity index (χ0n) is 14.4. The van der Waals surface area contributed by atoms with E-state index in [4.69, 9.17) is 11.6 Å². The van der Waals surface area contributed by atoms with Crippen LogP contribution in [-0.2, 0) is 28.4 Å². The van der Waals surface area contributed by atoms with Gasteiger partial charge in [-0.25, -0.2) is 13.4 Å². The second-order valence-corrected chi connectivity index (χ2v) is 8.66. The number of aromatic nitrogens is 2. The SMILES string of the molecule is Cn1cnc(S(=O)(=O)N2CCC(C(=O)NCc3ccccc3Cl)CC2)c1. The fraction of sp³-hybridized carbons (Fsp3) is 0.412. The predicted molar refractivity (Wildman–Crippen MR) is 98.0 cm³/mol. The number of aryl methyl sites for hydroxylation is 1. The zero-order chi connectivity index (χ0) is 18.7. The Kier molecular flexibility index (Phi) is 5.64. The van der Waals surface area contributed by atoms with Crippen molar-refractivity contribution in [1.82, 2.24) is 19.2 Å². The first-order chi connectivity index (χ1) is 12.4. The maximum atomic E-state index is 12.6. The third kappa shape index (κ3) is 4.08. The molecule has 0 unspecified atom stereocenters. The van der Waals surface area contributed by atoms with Gasteiger partial charge in [0.15, 0.2) is 5.03 Å². The Bertz CT molecular complexity index is 889. The number of carbonyl (C=O) groups is 1. The molecular weight excluding hydrogens is 376 g/mol. The summed E-state index contributed by atoms with van der Waals surface area (Å²) in [5.41, 5.74) is 0.859. The molecule has 2 aromatic rings. The van der Waals surface area contributed by atoms with Crippen LogP contribution in [0.4, 0.5) is 0 Å². The summed E-state index contributed by atoms with van der Waals surface area (Å²) in [6.45, 7) is 0.983. The molecule has 140 valence electrons. The number of benzene rings is 1. The van der Waals surface area contributed by atoms with Crippen LogP contribution >= 0.6 is 11.6 Å². The third-order valence-electron chi connectivity index (χ3n) is 4.52. The van der Waals surface area contributed by atoms with Crippen LogP contribution in [0.5, 0.6) is 0 Å². The van der Waals surface area contributed by atoms with E-state index in [1.54, 1.807) is 17.7 Å². The standard InChI is InChI=1S/C17H21ClN4O3S/c1-21-11-16(20-12-21)26(24,25)22-8-6-13(7-9-22)17(23)19-10-14-4-2-3-5-15(14)18/h2-5,11-13H,6-10H2,1H3,(H,19,23).